The van der Waals surface area contributed by atoms with Crippen molar-refractivity contribution in [1.82, 2.24) is 4.98 Å². The van der Waals surface area contributed by atoms with E-state index >= 15 is 0 Å². The second kappa shape index (κ2) is 4.00. The number of hydrogen-bond acceptors (Lipinski definition) is 6. The van der Waals surface area contributed by atoms with Gasteiger partial charge in [-0.3, -0.25) is 0 Å². The first kappa shape index (κ1) is 11.3. The van der Waals surface area contributed by atoms with Gasteiger partial charge in [-0.25, -0.2) is 13.4 Å². The fourth-order valence-electron chi connectivity index (χ4n) is 1.26. The Balaban J connectivity index is 2.55. The van der Waals surface area contributed by atoms with Gasteiger partial charge in [0, 0.05) is 5.69 Å². The van der Waals surface area contributed by atoms with E-state index in [-0.39, 0.29) is 10.1 Å². The highest BCUT2D eigenvalue weighted by Gasteiger charge is 2.18. The van der Waals surface area contributed by atoms with Crippen molar-refractivity contribution in [2.24, 2.45) is 0 Å². The van der Waals surface area contributed by atoms with Crippen LogP contribution in [0.3, 0.4) is 0 Å². The number of rotatable bonds is 3. The third kappa shape index (κ3) is 2.01. The lowest BCUT2D eigenvalue weighted by atomic mass is 10.3. The average molecular weight is 258 g/mol. The van der Waals surface area contributed by atoms with E-state index in [0.717, 1.165) is 16.0 Å². The molecule has 0 saturated heterocycles. The Hall–Kier alpha value is -1.18. The summed E-state index contributed by atoms with van der Waals surface area (Å²) in [6.07, 6.45) is 0. The first-order valence-corrected chi connectivity index (χ1v) is 6.99. The molecule has 0 aliphatic heterocycles. The molecule has 0 aliphatic carbocycles. The Morgan fingerprint density at radius 1 is 1.44 bits per heavy atom. The molecule has 0 aliphatic rings. The Morgan fingerprint density at radius 2 is 2.19 bits per heavy atom. The number of benzene rings is 1. The number of aliphatic hydroxyl groups is 1. The van der Waals surface area contributed by atoms with Crippen LogP contribution in [0.25, 0.3) is 10.2 Å². The normalized spacial score (nSPS) is 12.1. The zero-order chi connectivity index (χ0) is 11.8. The van der Waals surface area contributed by atoms with Crippen molar-refractivity contribution < 1.29 is 13.5 Å². The molecule has 5 nitrogen and oxygen atoms in total. The second-order valence-electron chi connectivity index (χ2n) is 3.25. The molecule has 0 radical (unpaired) electrons. The first-order chi connectivity index (χ1) is 7.53. The largest absolute Gasteiger partial charge is 0.399 e. The molecule has 0 saturated carbocycles. The van der Waals surface area contributed by atoms with Gasteiger partial charge in [-0.05, 0) is 18.2 Å². The molecule has 1 aromatic heterocycles. The van der Waals surface area contributed by atoms with Crippen LogP contribution >= 0.6 is 11.3 Å². The van der Waals surface area contributed by atoms with Crippen molar-refractivity contribution >= 4 is 37.1 Å². The van der Waals surface area contributed by atoms with Crippen LogP contribution in [0.4, 0.5) is 5.69 Å². The molecule has 2 rings (SSSR count). The van der Waals surface area contributed by atoms with Gasteiger partial charge in [0.1, 0.15) is 0 Å². The quantitative estimate of drug-likeness (QED) is 0.788. The molecule has 1 aromatic carbocycles. The zero-order valence-corrected chi connectivity index (χ0v) is 9.88. The highest BCUT2D eigenvalue weighted by Crippen LogP contribution is 2.27. The number of nitrogens with two attached hydrogens (primary N) is 1. The van der Waals surface area contributed by atoms with Gasteiger partial charge < -0.3 is 10.8 Å². The predicted molar refractivity (Wildman–Crippen MR) is 63.2 cm³/mol. The van der Waals surface area contributed by atoms with E-state index in [9.17, 15) is 8.42 Å². The van der Waals surface area contributed by atoms with Gasteiger partial charge >= 0.3 is 0 Å². The monoisotopic (exact) mass is 258 g/mol. The van der Waals surface area contributed by atoms with Crippen LogP contribution in [0.2, 0.25) is 0 Å². The number of aliphatic hydroxyl groups excluding tert-OH is 1. The van der Waals surface area contributed by atoms with Crippen molar-refractivity contribution in [1.29, 1.82) is 0 Å². The SMILES string of the molecule is Nc1ccc2nc(S(=O)(=O)CCO)sc2c1. The molecule has 86 valence electrons. The lowest BCUT2D eigenvalue weighted by Crippen LogP contribution is -2.09. The van der Waals surface area contributed by atoms with Crippen molar-refractivity contribution in [3.05, 3.63) is 18.2 Å². The third-order valence-electron chi connectivity index (χ3n) is 2.02. The van der Waals surface area contributed by atoms with E-state index in [1.807, 2.05) is 0 Å². The molecule has 1 heterocycles. The molecular formula is C9H10N2O3S2. The highest BCUT2D eigenvalue weighted by atomic mass is 32.2. The Bertz CT molecular complexity index is 619. The number of hydrogen-bond donors (Lipinski definition) is 2. The van der Waals surface area contributed by atoms with Crippen molar-refractivity contribution in [2.45, 2.75) is 4.34 Å². The molecule has 3 N–H and O–H groups in total. The van der Waals surface area contributed by atoms with E-state index in [1.165, 1.54) is 0 Å². The number of anilines is 1. The van der Waals surface area contributed by atoms with Crippen LogP contribution < -0.4 is 5.73 Å². The van der Waals surface area contributed by atoms with Crippen LogP contribution in [0.1, 0.15) is 0 Å². The number of fused-ring (bicyclic) bond motifs is 1. The van der Waals surface area contributed by atoms with E-state index < -0.39 is 16.4 Å². The first-order valence-electron chi connectivity index (χ1n) is 4.52. The minimum atomic E-state index is -3.47. The van der Waals surface area contributed by atoms with Crippen LogP contribution in [-0.2, 0) is 9.84 Å². The van der Waals surface area contributed by atoms with Gasteiger partial charge in [-0.15, -0.1) is 11.3 Å². The van der Waals surface area contributed by atoms with Gasteiger partial charge in [0.2, 0.25) is 14.2 Å². The van der Waals surface area contributed by atoms with Gasteiger partial charge in [0.25, 0.3) is 0 Å². The summed E-state index contributed by atoms with van der Waals surface area (Å²) >= 11 is 1.07. The van der Waals surface area contributed by atoms with Crippen molar-refractivity contribution in [3.8, 4) is 0 Å². The second-order valence-corrected chi connectivity index (χ2v) is 6.56. The fourth-order valence-corrected chi connectivity index (χ4v) is 3.69. The van der Waals surface area contributed by atoms with E-state index in [4.69, 9.17) is 10.8 Å². The number of thiazole rings is 1. The maximum absolute atomic E-state index is 11.6. The topological polar surface area (TPSA) is 93.3 Å². The third-order valence-corrected chi connectivity index (χ3v) is 5.19. The lowest BCUT2D eigenvalue weighted by Gasteiger charge is -1.94. The lowest BCUT2D eigenvalue weighted by molar-refractivity contribution is 0.319. The van der Waals surface area contributed by atoms with Gasteiger partial charge in [0.05, 0.1) is 22.6 Å². The van der Waals surface area contributed by atoms with Crippen LogP contribution in [0.15, 0.2) is 22.5 Å². The summed E-state index contributed by atoms with van der Waals surface area (Å²) in [7, 11) is -3.47. The molecule has 2 aromatic rings. The zero-order valence-electron chi connectivity index (χ0n) is 8.25. The number of aromatic nitrogens is 1. The Kier molecular flexibility index (Phi) is 2.83. The highest BCUT2D eigenvalue weighted by molar-refractivity contribution is 7.93. The predicted octanol–water partition coefficient (Wildman–Crippen LogP) is 0.645. The molecular weight excluding hydrogens is 248 g/mol. The van der Waals surface area contributed by atoms with Crippen molar-refractivity contribution in [3.63, 3.8) is 0 Å². The van der Waals surface area contributed by atoms with Gasteiger partial charge in [0.15, 0.2) is 0 Å². The summed E-state index contributed by atoms with van der Waals surface area (Å²) in [5.41, 5.74) is 6.77. The molecule has 0 amide bonds. The number of sulfone groups is 1. The molecule has 0 fully saturated rings. The summed E-state index contributed by atoms with van der Waals surface area (Å²) in [6.45, 7) is -0.402. The summed E-state index contributed by atoms with van der Waals surface area (Å²) in [4.78, 5) is 4.01. The minimum Gasteiger partial charge on any atom is -0.399 e. The van der Waals surface area contributed by atoms with E-state index in [2.05, 4.69) is 4.98 Å². The molecule has 0 unspecified atom stereocenters. The number of nitrogen functional groups attached to an aromatic ring is 1. The molecule has 16 heavy (non-hydrogen) atoms. The maximum atomic E-state index is 11.6. The number of nitrogens with zero attached hydrogens (tertiary/aromatic N) is 1. The van der Waals surface area contributed by atoms with Crippen LogP contribution in [0.5, 0.6) is 0 Å². The van der Waals surface area contributed by atoms with Crippen LogP contribution in [0, 0.1) is 0 Å². The summed E-state index contributed by atoms with van der Waals surface area (Å²) < 4.78 is 24.0. The van der Waals surface area contributed by atoms with Gasteiger partial charge in [-0.2, -0.15) is 0 Å². The molecule has 7 heteroatoms. The smallest absolute Gasteiger partial charge is 0.210 e. The van der Waals surface area contributed by atoms with Gasteiger partial charge in [-0.1, -0.05) is 0 Å². The van der Waals surface area contributed by atoms with Crippen LogP contribution in [-0.4, -0.2) is 30.9 Å². The Labute approximate surface area is 96.5 Å². The molecule has 0 bridgehead atoms. The fraction of sp³-hybridized carbons (Fsp3) is 0.222. The Morgan fingerprint density at radius 3 is 2.88 bits per heavy atom. The standard InChI is InChI=1S/C9H10N2O3S2/c10-6-1-2-7-8(5-6)15-9(11-7)16(13,14)4-3-12/h1-2,5,12H,3-4,10H2. The van der Waals surface area contributed by atoms with Crippen molar-refractivity contribution in [2.75, 3.05) is 18.1 Å². The molecule has 0 spiro atoms. The summed E-state index contributed by atoms with van der Waals surface area (Å²) in [5, 5.41) is 8.66. The average Bonchev–Trinajstić information content (AvgIpc) is 2.61. The summed E-state index contributed by atoms with van der Waals surface area (Å²) in [5.74, 6) is -0.303. The minimum absolute atomic E-state index is 0.0298. The van der Waals surface area contributed by atoms with E-state index in [0.29, 0.717) is 11.2 Å². The van der Waals surface area contributed by atoms with E-state index in [1.54, 1.807) is 18.2 Å². The summed E-state index contributed by atoms with van der Waals surface area (Å²) in [6, 6.07) is 5.04. The maximum Gasteiger partial charge on any atom is 0.210 e. The molecule has 0 atom stereocenters.